The molecule has 9 nitrogen and oxygen atoms in total. The number of quaternary nitrogens is 1. The van der Waals surface area contributed by atoms with Crippen LogP contribution >= 0.6 is 7.82 Å². The summed E-state index contributed by atoms with van der Waals surface area (Å²) in [5.41, 5.74) is 0. The molecule has 0 aromatic rings. The topological polar surface area (TPSA) is 114 Å². The summed E-state index contributed by atoms with van der Waals surface area (Å²) in [6.07, 6.45) is 52.2. The Kier molecular flexibility index (Phi) is 43.4. The van der Waals surface area contributed by atoms with Crippen LogP contribution in [-0.2, 0) is 27.9 Å². The maximum absolute atomic E-state index is 13.4. The van der Waals surface area contributed by atoms with Gasteiger partial charge in [-0.05, 0) is 76.7 Å². The van der Waals surface area contributed by atoms with E-state index in [0.29, 0.717) is 17.4 Å². The van der Waals surface area contributed by atoms with Crippen LogP contribution in [0.15, 0.2) is 48.6 Å². The summed E-state index contributed by atoms with van der Waals surface area (Å²) in [5, 5.41) is 3.00. The number of amides is 1. The molecule has 0 heterocycles. The lowest BCUT2D eigenvalue weighted by molar-refractivity contribution is -0.870. The normalized spacial score (nSPS) is 14.3. The summed E-state index contributed by atoms with van der Waals surface area (Å²) in [7, 11) is 1.17. The van der Waals surface area contributed by atoms with Crippen molar-refractivity contribution in [3.8, 4) is 0 Å². The molecule has 0 aliphatic carbocycles. The van der Waals surface area contributed by atoms with Gasteiger partial charge in [-0.25, -0.2) is 0 Å². The highest BCUT2D eigenvalue weighted by atomic mass is 31.2. The Morgan fingerprint density at radius 3 is 1.55 bits per heavy atom. The summed E-state index contributed by atoms with van der Waals surface area (Å²) >= 11 is 0. The molecule has 0 saturated carbocycles. The summed E-state index contributed by atoms with van der Waals surface area (Å²) in [6.45, 7) is 6.67. The van der Waals surface area contributed by atoms with Crippen molar-refractivity contribution in [2.24, 2.45) is 0 Å². The van der Waals surface area contributed by atoms with Crippen molar-refractivity contribution in [3.63, 3.8) is 0 Å². The van der Waals surface area contributed by atoms with Crippen LogP contribution in [0.4, 0.5) is 0 Å². The highest BCUT2D eigenvalue weighted by molar-refractivity contribution is 7.45. The number of allylic oxidation sites excluding steroid dienone is 7. The maximum Gasteiger partial charge on any atom is 0.306 e. The van der Waals surface area contributed by atoms with Gasteiger partial charge in [-0.1, -0.05) is 192 Å². The minimum absolute atomic E-state index is 0.0255. The number of nitrogens with one attached hydrogen (secondary N) is 1. The van der Waals surface area contributed by atoms with Gasteiger partial charge < -0.3 is 28.5 Å². The van der Waals surface area contributed by atoms with Crippen LogP contribution in [0, 0.1) is 0 Å². The second kappa shape index (κ2) is 44.8. The Balaban J connectivity index is 5.45. The molecule has 0 aliphatic rings. The zero-order valence-electron chi connectivity index (χ0n) is 42.5. The number of rotatable bonds is 47. The summed E-state index contributed by atoms with van der Waals surface area (Å²) in [5.74, 6) is -0.562. The molecule has 3 unspecified atom stereocenters. The van der Waals surface area contributed by atoms with Gasteiger partial charge in [0.05, 0.1) is 33.8 Å². The van der Waals surface area contributed by atoms with E-state index in [1.165, 1.54) is 89.9 Å². The molecular formula is C54H101N2O7P. The standard InChI is InChI=1S/C54H101N2O7P/c1-7-10-13-16-19-22-25-27-29-32-35-38-41-44-47-54(58)63-52(45-42-39-36-33-31-28-26-23-20-17-14-11-8-2)51(50-62-64(59,60)61-49-48-56(4,5)6)55-53(57)46-43-40-37-34-30-24-21-18-15-12-9-3/h10,13,18-19,21-22,42,45,51-52H,7-9,11-12,14-17,20,23-41,43-44,46-50H2,1-6H3,(H-,55,57,59,60)/b13-10+,21-18-,22-19+,45-42+. The van der Waals surface area contributed by atoms with Crippen molar-refractivity contribution in [1.82, 2.24) is 5.32 Å². The maximum atomic E-state index is 13.4. The minimum Gasteiger partial charge on any atom is -0.756 e. The summed E-state index contributed by atoms with van der Waals surface area (Å²) in [4.78, 5) is 39.7. The van der Waals surface area contributed by atoms with Gasteiger partial charge in [0, 0.05) is 12.8 Å². The van der Waals surface area contributed by atoms with Crippen LogP contribution in [0.1, 0.15) is 233 Å². The first-order chi connectivity index (χ1) is 30.9. The monoisotopic (exact) mass is 921 g/mol. The van der Waals surface area contributed by atoms with Gasteiger partial charge in [0.15, 0.2) is 0 Å². The van der Waals surface area contributed by atoms with Crippen molar-refractivity contribution in [3.05, 3.63) is 48.6 Å². The quantitative estimate of drug-likeness (QED) is 0.0213. The predicted molar refractivity (Wildman–Crippen MR) is 270 cm³/mol. The highest BCUT2D eigenvalue weighted by Gasteiger charge is 2.27. The molecule has 0 radical (unpaired) electrons. The van der Waals surface area contributed by atoms with Crippen LogP contribution in [0.2, 0.25) is 0 Å². The van der Waals surface area contributed by atoms with Crippen LogP contribution < -0.4 is 10.2 Å². The number of carbonyl (C=O) groups excluding carboxylic acids is 2. The van der Waals surface area contributed by atoms with E-state index >= 15 is 0 Å². The number of carbonyl (C=O) groups is 2. The molecule has 374 valence electrons. The number of ether oxygens (including phenoxy) is 1. The second-order valence-electron chi connectivity index (χ2n) is 19.0. The van der Waals surface area contributed by atoms with E-state index in [1.807, 2.05) is 33.3 Å². The average Bonchev–Trinajstić information content (AvgIpc) is 3.25. The van der Waals surface area contributed by atoms with Gasteiger partial charge in [0.25, 0.3) is 7.82 Å². The third kappa shape index (κ3) is 45.1. The molecule has 10 heteroatoms. The van der Waals surface area contributed by atoms with E-state index in [1.54, 1.807) is 0 Å². The Labute approximate surface area is 395 Å². The zero-order valence-corrected chi connectivity index (χ0v) is 43.4. The lowest BCUT2D eigenvalue weighted by Gasteiger charge is -2.30. The van der Waals surface area contributed by atoms with E-state index in [9.17, 15) is 19.0 Å². The van der Waals surface area contributed by atoms with Gasteiger partial charge in [0.1, 0.15) is 19.3 Å². The molecule has 0 aliphatic heterocycles. The largest absolute Gasteiger partial charge is 0.756 e. The lowest BCUT2D eigenvalue weighted by Crippen LogP contribution is -2.47. The van der Waals surface area contributed by atoms with E-state index in [2.05, 4.69) is 62.5 Å². The molecule has 0 rings (SSSR count). The number of hydrogen-bond acceptors (Lipinski definition) is 7. The Morgan fingerprint density at radius 1 is 0.562 bits per heavy atom. The van der Waals surface area contributed by atoms with Crippen LogP contribution in [-0.4, -0.2) is 69.4 Å². The van der Waals surface area contributed by atoms with Gasteiger partial charge in [0.2, 0.25) is 5.91 Å². The number of phosphoric acid groups is 1. The SMILES string of the molecule is CC/C=C/C/C=C/CCCCCCCCCC(=O)OC(/C=C/CCCCCCCCCCCCC)C(COP(=O)([O-])OCC[N+](C)(C)C)NC(=O)CCCCCCC/C=C\CCCC. The van der Waals surface area contributed by atoms with Gasteiger partial charge in [-0.15, -0.1) is 0 Å². The van der Waals surface area contributed by atoms with Crippen molar-refractivity contribution in [2.45, 2.75) is 245 Å². The third-order valence-corrected chi connectivity index (χ3v) is 12.5. The first-order valence-corrected chi connectivity index (χ1v) is 27.9. The molecule has 0 aromatic heterocycles. The number of phosphoric ester groups is 1. The number of unbranched alkanes of at least 4 members (excludes halogenated alkanes) is 25. The van der Waals surface area contributed by atoms with Crippen LogP contribution in [0.5, 0.6) is 0 Å². The third-order valence-electron chi connectivity index (χ3n) is 11.5. The number of esters is 1. The van der Waals surface area contributed by atoms with Gasteiger partial charge in [-0.2, -0.15) is 0 Å². The first kappa shape index (κ1) is 62.0. The smallest absolute Gasteiger partial charge is 0.306 e. The van der Waals surface area contributed by atoms with Crippen molar-refractivity contribution in [1.29, 1.82) is 0 Å². The molecular weight excluding hydrogens is 820 g/mol. The molecule has 0 bridgehead atoms. The fraction of sp³-hybridized carbons (Fsp3) is 0.815. The van der Waals surface area contributed by atoms with E-state index in [0.717, 1.165) is 109 Å². The number of nitrogens with zero attached hydrogens (tertiary/aromatic N) is 1. The summed E-state index contributed by atoms with van der Waals surface area (Å²) in [6, 6.07) is -0.892. The Hall–Kier alpha value is -2.03. The molecule has 1 N–H and O–H groups in total. The molecule has 0 fully saturated rings. The average molecular weight is 921 g/mol. The molecule has 0 aromatic carbocycles. The molecule has 0 spiro atoms. The predicted octanol–water partition coefficient (Wildman–Crippen LogP) is 14.7. The van der Waals surface area contributed by atoms with E-state index < -0.39 is 26.6 Å². The Morgan fingerprint density at radius 2 is 1.02 bits per heavy atom. The van der Waals surface area contributed by atoms with Gasteiger partial charge in [-0.3, -0.25) is 14.2 Å². The zero-order chi connectivity index (χ0) is 47.3. The van der Waals surface area contributed by atoms with E-state index in [-0.39, 0.29) is 24.9 Å². The fourth-order valence-electron chi connectivity index (χ4n) is 7.36. The van der Waals surface area contributed by atoms with Crippen molar-refractivity contribution in [2.75, 3.05) is 40.9 Å². The number of hydrogen-bond donors (Lipinski definition) is 1. The summed E-state index contributed by atoms with van der Waals surface area (Å²) < 4.78 is 30.1. The molecule has 64 heavy (non-hydrogen) atoms. The Bertz CT molecular complexity index is 1240. The van der Waals surface area contributed by atoms with Gasteiger partial charge >= 0.3 is 5.97 Å². The fourth-order valence-corrected chi connectivity index (χ4v) is 8.09. The molecule has 0 saturated heterocycles. The van der Waals surface area contributed by atoms with Crippen molar-refractivity contribution < 1.29 is 37.3 Å². The number of likely N-dealkylation sites (N-methyl/N-ethyl adjacent to an activating group) is 1. The second-order valence-corrected chi connectivity index (χ2v) is 20.4. The van der Waals surface area contributed by atoms with Crippen LogP contribution in [0.25, 0.3) is 0 Å². The van der Waals surface area contributed by atoms with Crippen LogP contribution in [0.3, 0.4) is 0 Å². The van der Waals surface area contributed by atoms with E-state index in [4.69, 9.17) is 13.8 Å². The van der Waals surface area contributed by atoms with Crippen molar-refractivity contribution >= 4 is 19.7 Å². The lowest BCUT2D eigenvalue weighted by atomic mass is 10.0. The highest BCUT2D eigenvalue weighted by Crippen LogP contribution is 2.38. The first-order valence-electron chi connectivity index (χ1n) is 26.4. The minimum atomic E-state index is -4.69. The molecule has 1 amide bonds. The molecule has 3 atom stereocenters.